The lowest BCUT2D eigenvalue weighted by molar-refractivity contribution is 0.371. The Labute approximate surface area is 90.3 Å². The molecular formula is C13H13NO. The molecule has 0 amide bonds. The zero-order chi connectivity index (χ0) is 11.3. The van der Waals surface area contributed by atoms with Crippen molar-refractivity contribution in [2.75, 3.05) is 7.11 Å². The summed E-state index contributed by atoms with van der Waals surface area (Å²) in [4.78, 5) is 3.90. The molecule has 0 unspecified atom stereocenters. The Hall–Kier alpha value is -2.01. The van der Waals surface area contributed by atoms with E-state index < -0.39 is 0 Å². The van der Waals surface area contributed by atoms with Crippen molar-refractivity contribution >= 4 is 18.2 Å². The maximum atomic E-state index is 5.08. The van der Waals surface area contributed by atoms with Crippen LogP contribution in [0.1, 0.15) is 18.1 Å². The lowest BCUT2D eigenvalue weighted by Gasteiger charge is -2.07. The Bertz CT molecular complexity index is 449. The molecule has 1 aromatic carbocycles. The van der Waals surface area contributed by atoms with E-state index in [4.69, 9.17) is 4.74 Å². The quantitative estimate of drug-likeness (QED) is 0.416. The summed E-state index contributed by atoms with van der Waals surface area (Å²) >= 11 is 0. The van der Waals surface area contributed by atoms with Crippen molar-refractivity contribution in [2.45, 2.75) is 6.92 Å². The van der Waals surface area contributed by atoms with Crippen LogP contribution in [-0.2, 0) is 4.74 Å². The average molecular weight is 199 g/mol. The molecule has 0 heterocycles. The predicted octanol–water partition coefficient (Wildman–Crippen LogP) is 3.01. The van der Waals surface area contributed by atoms with Crippen molar-refractivity contribution in [3.05, 3.63) is 35.9 Å². The first kappa shape index (κ1) is 11.1. The Morgan fingerprint density at radius 2 is 2.20 bits per heavy atom. The number of hydrogen-bond donors (Lipinski definition) is 0. The van der Waals surface area contributed by atoms with Gasteiger partial charge in [-0.25, -0.2) is 0 Å². The van der Waals surface area contributed by atoms with Gasteiger partial charge in [0.05, 0.1) is 12.8 Å². The van der Waals surface area contributed by atoms with E-state index >= 15 is 0 Å². The number of ether oxygens (including phenoxy) is 1. The largest absolute Gasteiger partial charge is 0.497 e. The molecule has 1 rings (SSSR count). The number of nitrogens with zero attached hydrogens (tertiary/aromatic N) is 1. The smallest absolute Gasteiger partial charge is 0.121 e. The lowest BCUT2D eigenvalue weighted by Crippen LogP contribution is -1.88. The molecule has 15 heavy (non-hydrogen) atoms. The van der Waals surface area contributed by atoms with Crippen molar-refractivity contribution in [1.29, 1.82) is 0 Å². The van der Waals surface area contributed by atoms with Crippen LogP contribution in [0.15, 0.2) is 29.8 Å². The van der Waals surface area contributed by atoms with Crippen LogP contribution in [0, 0.1) is 11.8 Å². The topological polar surface area (TPSA) is 21.6 Å². The van der Waals surface area contributed by atoms with Gasteiger partial charge in [-0.2, -0.15) is 0 Å². The molecule has 0 radical (unpaired) electrons. The van der Waals surface area contributed by atoms with Crippen LogP contribution in [0.25, 0.3) is 5.76 Å². The minimum Gasteiger partial charge on any atom is -0.497 e. The fourth-order valence-electron chi connectivity index (χ4n) is 1.23. The van der Waals surface area contributed by atoms with Crippen molar-refractivity contribution in [2.24, 2.45) is 4.99 Å². The van der Waals surface area contributed by atoms with E-state index in [1.54, 1.807) is 14.0 Å². The second kappa shape index (κ2) is 5.02. The maximum Gasteiger partial charge on any atom is 0.121 e. The van der Waals surface area contributed by atoms with E-state index in [2.05, 4.69) is 30.1 Å². The van der Waals surface area contributed by atoms with Crippen LogP contribution >= 0.6 is 0 Å². The molecule has 0 aliphatic rings. The van der Waals surface area contributed by atoms with E-state index in [9.17, 15) is 0 Å². The first-order valence-electron chi connectivity index (χ1n) is 4.49. The Balaban J connectivity index is 3.28. The molecule has 0 N–H and O–H groups in total. The molecule has 0 saturated heterocycles. The number of benzene rings is 1. The second-order valence-electron chi connectivity index (χ2n) is 2.89. The van der Waals surface area contributed by atoms with Crippen molar-refractivity contribution in [3.63, 3.8) is 0 Å². The highest BCUT2D eigenvalue weighted by Crippen LogP contribution is 2.26. The number of methoxy groups -OCH3 is 1. The van der Waals surface area contributed by atoms with Crippen LogP contribution in [-0.4, -0.2) is 13.8 Å². The van der Waals surface area contributed by atoms with Crippen molar-refractivity contribution < 1.29 is 4.74 Å². The van der Waals surface area contributed by atoms with Gasteiger partial charge in [-0.3, -0.25) is 4.99 Å². The van der Waals surface area contributed by atoms with Crippen LogP contribution in [0.3, 0.4) is 0 Å². The molecule has 0 aliphatic heterocycles. The third-order valence-electron chi connectivity index (χ3n) is 1.98. The Morgan fingerprint density at radius 1 is 1.47 bits per heavy atom. The maximum absolute atomic E-state index is 5.08. The summed E-state index contributed by atoms with van der Waals surface area (Å²) in [5, 5.41) is 0. The average Bonchev–Trinajstić information content (AvgIpc) is 2.28. The third kappa shape index (κ3) is 2.47. The SMILES string of the molecule is C=Nc1ccc(C#CC)cc1C(=C)OC. The zero-order valence-electron chi connectivity index (χ0n) is 9.00. The highest BCUT2D eigenvalue weighted by Gasteiger charge is 2.05. The lowest BCUT2D eigenvalue weighted by atomic mass is 10.1. The van der Waals surface area contributed by atoms with Crippen LogP contribution < -0.4 is 0 Å². The zero-order valence-corrected chi connectivity index (χ0v) is 9.00. The van der Waals surface area contributed by atoms with E-state index in [0.717, 1.165) is 16.8 Å². The minimum absolute atomic E-state index is 0.567. The summed E-state index contributed by atoms with van der Waals surface area (Å²) in [5.41, 5.74) is 2.49. The Kier molecular flexibility index (Phi) is 3.70. The molecule has 2 heteroatoms. The third-order valence-corrected chi connectivity index (χ3v) is 1.98. The summed E-state index contributed by atoms with van der Waals surface area (Å²) in [7, 11) is 1.58. The second-order valence-corrected chi connectivity index (χ2v) is 2.89. The molecule has 0 aromatic heterocycles. The molecule has 0 saturated carbocycles. The molecule has 0 spiro atoms. The van der Waals surface area contributed by atoms with Crippen molar-refractivity contribution in [1.82, 2.24) is 0 Å². The van der Waals surface area contributed by atoms with E-state index in [1.807, 2.05) is 18.2 Å². The Morgan fingerprint density at radius 3 is 2.73 bits per heavy atom. The standard InChI is InChI=1S/C13H13NO/c1-5-6-11-7-8-13(14-3)12(9-11)10(2)15-4/h7-9H,2-3H2,1,4H3. The van der Waals surface area contributed by atoms with E-state index in [0.29, 0.717) is 5.76 Å². The van der Waals surface area contributed by atoms with Gasteiger partial charge >= 0.3 is 0 Å². The van der Waals surface area contributed by atoms with Gasteiger partial charge in [-0.1, -0.05) is 12.5 Å². The van der Waals surface area contributed by atoms with E-state index in [-0.39, 0.29) is 0 Å². The van der Waals surface area contributed by atoms with Gasteiger partial charge in [0.15, 0.2) is 0 Å². The van der Waals surface area contributed by atoms with Gasteiger partial charge in [-0.15, -0.1) is 5.92 Å². The predicted molar refractivity (Wildman–Crippen MR) is 64.2 cm³/mol. The monoisotopic (exact) mass is 199 g/mol. The van der Waals surface area contributed by atoms with Gasteiger partial charge < -0.3 is 4.74 Å². The van der Waals surface area contributed by atoms with Gasteiger partial charge in [0.2, 0.25) is 0 Å². The highest BCUT2D eigenvalue weighted by molar-refractivity contribution is 5.72. The van der Waals surface area contributed by atoms with Crippen LogP contribution in [0.4, 0.5) is 5.69 Å². The molecule has 0 bridgehead atoms. The molecule has 0 atom stereocenters. The summed E-state index contributed by atoms with van der Waals surface area (Å²) < 4.78 is 5.08. The first-order chi connectivity index (χ1) is 7.22. The molecule has 0 aliphatic carbocycles. The fraction of sp³-hybridized carbons (Fsp3) is 0.154. The van der Waals surface area contributed by atoms with Gasteiger partial charge in [0, 0.05) is 11.1 Å². The summed E-state index contributed by atoms with van der Waals surface area (Å²) in [6.45, 7) is 9.09. The van der Waals surface area contributed by atoms with Crippen LogP contribution in [0.2, 0.25) is 0 Å². The summed E-state index contributed by atoms with van der Waals surface area (Å²) in [5.74, 6) is 6.38. The summed E-state index contributed by atoms with van der Waals surface area (Å²) in [6.07, 6.45) is 0. The fourth-order valence-corrected chi connectivity index (χ4v) is 1.23. The molecular weight excluding hydrogens is 186 g/mol. The van der Waals surface area contributed by atoms with Gasteiger partial charge in [-0.05, 0) is 31.8 Å². The number of rotatable bonds is 3. The van der Waals surface area contributed by atoms with E-state index in [1.165, 1.54) is 0 Å². The van der Waals surface area contributed by atoms with Crippen LogP contribution in [0.5, 0.6) is 0 Å². The van der Waals surface area contributed by atoms with Crippen molar-refractivity contribution in [3.8, 4) is 11.8 Å². The molecule has 2 nitrogen and oxygen atoms in total. The van der Waals surface area contributed by atoms with Gasteiger partial charge in [0.1, 0.15) is 5.76 Å². The number of aliphatic imine (C=N–C) groups is 1. The minimum atomic E-state index is 0.567. The normalized spacial score (nSPS) is 8.67. The molecule has 0 fully saturated rings. The number of hydrogen-bond acceptors (Lipinski definition) is 2. The highest BCUT2D eigenvalue weighted by atomic mass is 16.5. The molecule has 1 aromatic rings. The van der Waals surface area contributed by atoms with Gasteiger partial charge in [0.25, 0.3) is 0 Å². The first-order valence-corrected chi connectivity index (χ1v) is 4.49. The molecule has 76 valence electrons. The summed E-state index contributed by atoms with van der Waals surface area (Å²) in [6, 6.07) is 5.64.